The highest BCUT2D eigenvalue weighted by atomic mass is 32.1. The van der Waals surface area contributed by atoms with Crippen molar-refractivity contribution >= 4 is 17.9 Å². The van der Waals surface area contributed by atoms with Crippen LogP contribution in [0.15, 0.2) is 54.6 Å². The van der Waals surface area contributed by atoms with E-state index in [1.54, 1.807) is 0 Å². The molecule has 1 heterocycles. The number of hydrogen-bond donors (Lipinski definition) is 1. The number of aryl methyl sites for hydroxylation is 1. The summed E-state index contributed by atoms with van der Waals surface area (Å²) in [7, 11) is 0. The van der Waals surface area contributed by atoms with Crippen LogP contribution in [-0.4, -0.2) is 27.9 Å². The Balaban J connectivity index is 1.82. The van der Waals surface area contributed by atoms with Crippen molar-refractivity contribution in [3.63, 3.8) is 0 Å². The van der Waals surface area contributed by atoms with Gasteiger partial charge in [0.25, 0.3) is 0 Å². The molecule has 0 atom stereocenters. The number of anilines is 1. The first-order valence-electron chi connectivity index (χ1n) is 8.77. The molecular formula is C20H24N4S. The van der Waals surface area contributed by atoms with Gasteiger partial charge in [-0.2, -0.15) is 5.10 Å². The van der Waals surface area contributed by atoms with Gasteiger partial charge in [0.2, 0.25) is 0 Å². The predicted octanol–water partition coefficient (Wildman–Crippen LogP) is 4.70. The van der Waals surface area contributed by atoms with E-state index in [4.69, 9.17) is 12.2 Å². The molecule has 0 spiro atoms. The van der Waals surface area contributed by atoms with Crippen LogP contribution in [-0.2, 0) is 13.0 Å². The van der Waals surface area contributed by atoms with Gasteiger partial charge in [-0.3, -0.25) is 9.67 Å². The fourth-order valence-electron chi connectivity index (χ4n) is 3.04. The van der Waals surface area contributed by atoms with Gasteiger partial charge in [0.15, 0.2) is 10.6 Å². The highest BCUT2D eigenvalue weighted by Gasteiger charge is 2.10. The zero-order valence-corrected chi connectivity index (χ0v) is 15.6. The molecule has 1 aromatic heterocycles. The van der Waals surface area contributed by atoms with Crippen LogP contribution in [0.2, 0.25) is 0 Å². The van der Waals surface area contributed by atoms with Crippen molar-refractivity contribution < 1.29 is 0 Å². The number of hydrogen-bond acceptors (Lipinski definition) is 3. The third-order valence-electron chi connectivity index (χ3n) is 4.48. The number of nitrogens with one attached hydrogen (secondary N) is 1. The van der Waals surface area contributed by atoms with Crippen LogP contribution in [0.5, 0.6) is 0 Å². The molecule has 3 rings (SSSR count). The first-order valence-corrected chi connectivity index (χ1v) is 9.18. The second-order valence-electron chi connectivity index (χ2n) is 5.96. The minimum atomic E-state index is 0.666. The van der Waals surface area contributed by atoms with E-state index in [2.05, 4.69) is 82.0 Å². The zero-order chi connectivity index (χ0) is 17.6. The molecule has 2 aromatic carbocycles. The molecule has 5 heteroatoms. The van der Waals surface area contributed by atoms with E-state index in [0.717, 1.165) is 37.4 Å². The summed E-state index contributed by atoms with van der Waals surface area (Å²) >= 11 is 5.43. The van der Waals surface area contributed by atoms with E-state index >= 15 is 0 Å². The van der Waals surface area contributed by atoms with Gasteiger partial charge in [-0.1, -0.05) is 30.3 Å². The molecule has 0 aliphatic carbocycles. The number of aromatic amines is 1. The summed E-state index contributed by atoms with van der Waals surface area (Å²) < 4.78 is 2.74. The van der Waals surface area contributed by atoms with Gasteiger partial charge in [0, 0.05) is 30.9 Å². The minimum Gasteiger partial charge on any atom is -0.372 e. The molecule has 0 bridgehead atoms. The highest BCUT2D eigenvalue weighted by Crippen LogP contribution is 2.22. The fourth-order valence-corrected chi connectivity index (χ4v) is 3.26. The normalized spacial score (nSPS) is 10.8. The Hall–Kier alpha value is -2.40. The molecule has 0 aliphatic heterocycles. The number of aromatic nitrogens is 3. The molecule has 0 saturated carbocycles. The van der Waals surface area contributed by atoms with Gasteiger partial charge < -0.3 is 4.90 Å². The largest absolute Gasteiger partial charge is 0.372 e. The van der Waals surface area contributed by atoms with Crippen molar-refractivity contribution in [3.05, 3.63) is 64.9 Å². The quantitative estimate of drug-likeness (QED) is 0.626. The van der Waals surface area contributed by atoms with Crippen molar-refractivity contribution in [1.82, 2.24) is 14.8 Å². The molecule has 0 saturated heterocycles. The minimum absolute atomic E-state index is 0.666. The summed E-state index contributed by atoms with van der Waals surface area (Å²) in [5.41, 5.74) is 3.61. The van der Waals surface area contributed by atoms with Crippen LogP contribution in [0, 0.1) is 4.77 Å². The molecule has 3 aromatic rings. The summed E-state index contributed by atoms with van der Waals surface area (Å²) in [4.78, 5) is 2.33. The van der Waals surface area contributed by atoms with Crippen LogP contribution in [0.25, 0.3) is 11.4 Å². The van der Waals surface area contributed by atoms with Crippen molar-refractivity contribution in [2.24, 2.45) is 0 Å². The lowest BCUT2D eigenvalue weighted by Crippen LogP contribution is -2.21. The van der Waals surface area contributed by atoms with Gasteiger partial charge in [0.05, 0.1) is 0 Å². The summed E-state index contributed by atoms with van der Waals surface area (Å²) in [5, 5.41) is 7.38. The average molecular weight is 353 g/mol. The third-order valence-corrected chi connectivity index (χ3v) is 4.79. The summed E-state index contributed by atoms with van der Waals surface area (Å²) in [6.45, 7) is 7.17. The summed E-state index contributed by atoms with van der Waals surface area (Å²) in [5.74, 6) is 0.895. The number of nitrogens with zero attached hydrogens (tertiary/aromatic N) is 3. The second-order valence-corrected chi connectivity index (χ2v) is 6.35. The topological polar surface area (TPSA) is 36.9 Å². The molecule has 0 unspecified atom stereocenters. The van der Waals surface area contributed by atoms with Crippen LogP contribution in [0.4, 0.5) is 5.69 Å². The second kappa shape index (κ2) is 8.12. The van der Waals surface area contributed by atoms with E-state index in [1.807, 2.05) is 6.07 Å². The first-order chi connectivity index (χ1) is 12.2. The lowest BCUT2D eigenvalue weighted by molar-refractivity contribution is 0.692. The lowest BCUT2D eigenvalue weighted by atomic mass is 10.1. The van der Waals surface area contributed by atoms with Gasteiger partial charge >= 0.3 is 0 Å². The Morgan fingerprint density at radius 2 is 1.68 bits per heavy atom. The maximum Gasteiger partial charge on any atom is 0.195 e. The Labute approximate surface area is 154 Å². The van der Waals surface area contributed by atoms with Gasteiger partial charge in [0.1, 0.15) is 0 Å². The fraction of sp³-hybridized carbons (Fsp3) is 0.300. The van der Waals surface area contributed by atoms with Crippen molar-refractivity contribution in [2.75, 3.05) is 18.0 Å². The molecule has 0 radical (unpaired) electrons. The maximum absolute atomic E-state index is 5.43. The van der Waals surface area contributed by atoms with Crippen molar-refractivity contribution in [2.45, 2.75) is 26.8 Å². The average Bonchev–Trinajstić information content (AvgIpc) is 3.03. The summed E-state index contributed by atoms with van der Waals surface area (Å²) in [6.07, 6.45) is 0.930. The number of H-pyrrole nitrogens is 1. The molecule has 130 valence electrons. The third kappa shape index (κ3) is 3.99. The smallest absolute Gasteiger partial charge is 0.195 e. The van der Waals surface area contributed by atoms with E-state index in [1.165, 1.54) is 11.3 Å². The number of benzene rings is 2. The van der Waals surface area contributed by atoms with Crippen molar-refractivity contribution in [3.8, 4) is 11.4 Å². The van der Waals surface area contributed by atoms with Crippen molar-refractivity contribution in [1.29, 1.82) is 0 Å². The van der Waals surface area contributed by atoms with Crippen LogP contribution in [0.3, 0.4) is 0 Å². The van der Waals surface area contributed by atoms with Gasteiger partial charge in [-0.05, 0) is 62.3 Å². The first kappa shape index (κ1) is 17.4. The SMILES string of the molecule is CCN(CC)c1ccc(-c2n[nH]c(=S)n2CCc2ccccc2)cc1. The van der Waals surface area contributed by atoms with Crippen LogP contribution >= 0.6 is 12.2 Å². The molecule has 1 N–H and O–H groups in total. The Morgan fingerprint density at radius 3 is 2.32 bits per heavy atom. The van der Waals surface area contributed by atoms with Gasteiger partial charge in [-0.25, -0.2) is 0 Å². The predicted molar refractivity (Wildman–Crippen MR) is 107 cm³/mol. The Bertz CT molecular complexity index is 845. The lowest BCUT2D eigenvalue weighted by Gasteiger charge is -2.21. The van der Waals surface area contributed by atoms with E-state index < -0.39 is 0 Å². The Kier molecular flexibility index (Phi) is 5.66. The zero-order valence-electron chi connectivity index (χ0n) is 14.8. The van der Waals surface area contributed by atoms with Crippen LogP contribution in [0.1, 0.15) is 19.4 Å². The maximum atomic E-state index is 5.43. The van der Waals surface area contributed by atoms with E-state index in [0.29, 0.717) is 4.77 Å². The standard InChI is InChI=1S/C20H24N4S/c1-3-23(4-2)18-12-10-17(11-13-18)19-21-22-20(25)24(19)15-14-16-8-6-5-7-9-16/h5-13H,3-4,14-15H2,1-2H3,(H,22,25). The number of rotatable bonds is 7. The molecular weight excluding hydrogens is 328 g/mol. The highest BCUT2D eigenvalue weighted by molar-refractivity contribution is 7.71. The van der Waals surface area contributed by atoms with E-state index in [9.17, 15) is 0 Å². The Morgan fingerprint density at radius 1 is 1.00 bits per heavy atom. The molecule has 25 heavy (non-hydrogen) atoms. The van der Waals surface area contributed by atoms with Gasteiger partial charge in [-0.15, -0.1) is 0 Å². The van der Waals surface area contributed by atoms with E-state index in [-0.39, 0.29) is 0 Å². The molecule has 4 nitrogen and oxygen atoms in total. The molecule has 0 fully saturated rings. The summed E-state index contributed by atoms with van der Waals surface area (Å²) in [6, 6.07) is 19.0. The molecule has 0 amide bonds. The van der Waals surface area contributed by atoms with Crippen LogP contribution < -0.4 is 4.90 Å². The monoisotopic (exact) mass is 352 g/mol. The molecule has 0 aliphatic rings.